The summed E-state index contributed by atoms with van der Waals surface area (Å²) in [5, 5.41) is 8.89. The number of Topliss-reactive ketones (excluding diaryl/α,β-unsaturated/α-hetero) is 1. The standard InChI is InChI=1S/C18H15NOS/c19-11-13-2-1-3-14(10-13)12-21-17-8-6-16(7-9-17)18(20)15-4-5-15/h1-3,6-10,15H,4-5,12H2. The number of nitrogens with zero attached hydrogens (tertiary/aromatic N) is 1. The molecule has 1 fully saturated rings. The smallest absolute Gasteiger partial charge is 0.165 e. The molecular formula is C18H15NOS. The van der Waals surface area contributed by atoms with E-state index in [0.717, 1.165) is 34.6 Å². The molecule has 3 rings (SSSR count). The molecule has 0 N–H and O–H groups in total. The van der Waals surface area contributed by atoms with Crippen molar-refractivity contribution in [2.45, 2.75) is 23.5 Å². The van der Waals surface area contributed by atoms with Gasteiger partial charge in [-0.1, -0.05) is 24.3 Å². The van der Waals surface area contributed by atoms with Gasteiger partial charge in [-0.3, -0.25) is 4.79 Å². The molecule has 3 heteroatoms. The van der Waals surface area contributed by atoms with Crippen molar-refractivity contribution in [3.05, 3.63) is 65.2 Å². The zero-order chi connectivity index (χ0) is 14.7. The number of carbonyl (C=O) groups is 1. The minimum absolute atomic E-state index is 0.275. The van der Waals surface area contributed by atoms with Gasteiger partial charge in [0.05, 0.1) is 11.6 Å². The predicted molar refractivity (Wildman–Crippen MR) is 84.2 cm³/mol. The zero-order valence-electron chi connectivity index (χ0n) is 11.6. The summed E-state index contributed by atoms with van der Waals surface area (Å²) in [6.45, 7) is 0. The average molecular weight is 293 g/mol. The maximum atomic E-state index is 11.9. The molecule has 104 valence electrons. The van der Waals surface area contributed by atoms with Crippen LogP contribution in [0, 0.1) is 17.2 Å². The van der Waals surface area contributed by atoms with Crippen molar-refractivity contribution in [1.29, 1.82) is 5.26 Å². The van der Waals surface area contributed by atoms with Crippen LogP contribution in [0.3, 0.4) is 0 Å². The van der Waals surface area contributed by atoms with Crippen LogP contribution in [0.4, 0.5) is 0 Å². The first kappa shape index (κ1) is 13.9. The highest BCUT2D eigenvalue weighted by Gasteiger charge is 2.30. The molecule has 0 saturated heterocycles. The first-order valence-corrected chi connectivity index (χ1v) is 8.01. The van der Waals surface area contributed by atoms with Gasteiger partial charge < -0.3 is 0 Å². The van der Waals surface area contributed by atoms with Crippen molar-refractivity contribution in [2.75, 3.05) is 0 Å². The molecule has 1 aliphatic carbocycles. The fourth-order valence-corrected chi connectivity index (χ4v) is 3.04. The lowest BCUT2D eigenvalue weighted by Crippen LogP contribution is -2.00. The number of hydrogen-bond acceptors (Lipinski definition) is 3. The number of rotatable bonds is 5. The average Bonchev–Trinajstić information content (AvgIpc) is 3.38. The quantitative estimate of drug-likeness (QED) is 0.604. The van der Waals surface area contributed by atoms with Crippen LogP contribution in [0.25, 0.3) is 0 Å². The molecular weight excluding hydrogens is 278 g/mol. The van der Waals surface area contributed by atoms with Crippen LogP contribution in [-0.4, -0.2) is 5.78 Å². The second-order valence-electron chi connectivity index (χ2n) is 5.26. The first-order valence-electron chi connectivity index (χ1n) is 7.02. The van der Waals surface area contributed by atoms with Gasteiger partial charge in [0, 0.05) is 22.1 Å². The van der Waals surface area contributed by atoms with Gasteiger partial charge in [0.25, 0.3) is 0 Å². The topological polar surface area (TPSA) is 40.9 Å². The molecule has 0 unspecified atom stereocenters. The summed E-state index contributed by atoms with van der Waals surface area (Å²) in [6.07, 6.45) is 2.09. The largest absolute Gasteiger partial charge is 0.294 e. The summed E-state index contributed by atoms with van der Waals surface area (Å²) < 4.78 is 0. The van der Waals surface area contributed by atoms with Crippen LogP contribution in [0.15, 0.2) is 53.4 Å². The molecule has 0 atom stereocenters. The van der Waals surface area contributed by atoms with Gasteiger partial charge in [-0.15, -0.1) is 11.8 Å². The highest BCUT2D eigenvalue weighted by molar-refractivity contribution is 7.98. The summed E-state index contributed by atoms with van der Waals surface area (Å²) in [5.41, 5.74) is 2.66. The Morgan fingerprint density at radius 2 is 1.95 bits per heavy atom. The molecule has 0 heterocycles. The van der Waals surface area contributed by atoms with Crippen molar-refractivity contribution >= 4 is 17.5 Å². The normalized spacial score (nSPS) is 13.7. The Morgan fingerprint density at radius 1 is 1.19 bits per heavy atom. The lowest BCUT2D eigenvalue weighted by molar-refractivity contribution is 0.0967. The summed E-state index contributed by atoms with van der Waals surface area (Å²) in [7, 11) is 0. The summed E-state index contributed by atoms with van der Waals surface area (Å²) in [4.78, 5) is 13.1. The Kier molecular flexibility index (Phi) is 4.08. The van der Waals surface area contributed by atoms with E-state index in [2.05, 4.69) is 6.07 Å². The number of carbonyl (C=O) groups excluding carboxylic acids is 1. The maximum Gasteiger partial charge on any atom is 0.165 e. The van der Waals surface area contributed by atoms with Crippen molar-refractivity contribution < 1.29 is 4.79 Å². The van der Waals surface area contributed by atoms with Crippen LogP contribution in [0.2, 0.25) is 0 Å². The minimum atomic E-state index is 0.275. The Bertz CT molecular complexity index is 696. The first-order chi connectivity index (χ1) is 10.3. The molecule has 0 spiro atoms. The molecule has 2 nitrogen and oxygen atoms in total. The summed E-state index contributed by atoms with van der Waals surface area (Å²) >= 11 is 1.72. The molecule has 1 aliphatic rings. The molecule has 0 radical (unpaired) electrons. The third-order valence-corrected chi connectivity index (χ3v) is 4.63. The molecule has 2 aromatic rings. The van der Waals surface area contributed by atoms with E-state index in [-0.39, 0.29) is 11.7 Å². The Balaban J connectivity index is 1.62. The molecule has 1 saturated carbocycles. The van der Waals surface area contributed by atoms with Crippen LogP contribution >= 0.6 is 11.8 Å². The van der Waals surface area contributed by atoms with E-state index in [9.17, 15) is 4.79 Å². The van der Waals surface area contributed by atoms with Gasteiger partial charge in [0.1, 0.15) is 0 Å². The fourth-order valence-electron chi connectivity index (χ4n) is 2.19. The molecule has 0 amide bonds. The third-order valence-electron chi connectivity index (χ3n) is 3.55. The van der Waals surface area contributed by atoms with E-state index in [4.69, 9.17) is 5.26 Å². The molecule has 21 heavy (non-hydrogen) atoms. The van der Waals surface area contributed by atoms with Gasteiger partial charge in [0.15, 0.2) is 5.78 Å². The molecule has 0 bridgehead atoms. The number of benzene rings is 2. The lowest BCUT2D eigenvalue weighted by atomic mass is 10.1. The molecule has 0 aliphatic heterocycles. The van der Waals surface area contributed by atoms with Crippen LogP contribution < -0.4 is 0 Å². The number of nitriles is 1. The highest BCUT2D eigenvalue weighted by atomic mass is 32.2. The van der Waals surface area contributed by atoms with E-state index in [1.54, 1.807) is 11.8 Å². The third kappa shape index (κ3) is 3.53. The summed E-state index contributed by atoms with van der Waals surface area (Å²) in [5.74, 6) is 1.39. The van der Waals surface area contributed by atoms with Gasteiger partial charge >= 0.3 is 0 Å². The van der Waals surface area contributed by atoms with E-state index in [1.807, 2.05) is 48.5 Å². The van der Waals surface area contributed by atoms with Crippen LogP contribution in [0.5, 0.6) is 0 Å². The van der Waals surface area contributed by atoms with E-state index in [1.165, 1.54) is 0 Å². The van der Waals surface area contributed by atoms with Gasteiger partial charge in [0.2, 0.25) is 0 Å². The van der Waals surface area contributed by atoms with Crippen molar-refractivity contribution in [2.24, 2.45) is 5.92 Å². The van der Waals surface area contributed by atoms with E-state index >= 15 is 0 Å². The molecule has 0 aromatic heterocycles. The summed E-state index contributed by atoms with van der Waals surface area (Å²) in [6, 6.07) is 17.7. The Labute approximate surface area is 128 Å². The predicted octanol–water partition coefficient (Wildman–Crippen LogP) is 4.44. The van der Waals surface area contributed by atoms with Crippen LogP contribution in [0.1, 0.15) is 34.3 Å². The Hall–Kier alpha value is -2.05. The monoisotopic (exact) mass is 293 g/mol. The number of hydrogen-bond donors (Lipinski definition) is 0. The van der Waals surface area contributed by atoms with Gasteiger partial charge in [-0.25, -0.2) is 0 Å². The second-order valence-corrected chi connectivity index (χ2v) is 6.31. The van der Waals surface area contributed by atoms with E-state index in [0.29, 0.717) is 5.56 Å². The maximum absolute atomic E-state index is 11.9. The second kappa shape index (κ2) is 6.15. The minimum Gasteiger partial charge on any atom is -0.294 e. The Morgan fingerprint density at radius 3 is 2.62 bits per heavy atom. The highest BCUT2D eigenvalue weighted by Crippen LogP contribution is 2.33. The fraction of sp³-hybridized carbons (Fsp3) is 0.222. The number of ketones is 1. The van der Waals surface area contributed by atoms with Crippen molar-refractivity contribution in [3.63, 3.8) is 0 Å². The lowest BCUT2D eigenvalue weighted by Gasteiger charge is -2.04. The van der Waals surface area contributed by atoms with Crippen molar-refractivity contribution in [3.8, 4) is 6.07 Å². The number of thioether (sulfide) groups is 1. The van der Waals surface area contributed by atoms with Gasteiger partial charge in [-0.05, 0) is 42.7 Å². The molecule has 2 aromatic carbocycles. The van der Waals surface area contributed by atoms with Gasteiger partial charge in [-0.2, -0.15) is 5.26 Å². The van der Waals surface area contributed by atoms with Crippen LogP contribution in [-0.2, 0) is 5.75 Å². The van der Waals surface area contributed by atoms with E-state index < -0.39 is 0 Å². The zero-order valence-corrected chi connectivity index (χ0v) is 12.4. The van der Waals surface area contributed by atoms with Crippen molar-refractivity contribution in [1.82, 2.24) is 0 Å². The SMILES string of the molecule is N#Cc1cccc(CSc2ccc(C(=O)C3CC3)cc2)c1.